The lowest BCUT2D eigenvalue weighted by Crippen LogP contribution is -2.44. The number of rotatable bonds is 6. The van der Waals surface area contributed by atoms with Gasteiger partial charge in [-0.05, 0) is 30.5 Å². The second-order valence-corrected chi connectivity index (χ2v) is 7.74. The quantitative estimate of drug-likeness (QED) is 0.766. The summed E-state index contributed by atoms with van der Waals surface area (Å²) in [6, 6.07) is 6.00. The van der Waals surface area contributed by atoms with Gasteiger partial charge in [0, 0.05) is 38.6 Å². The third kappa shape index (κ3) is 4.74. The van der Waals surface area contributed by atoms with E-state index in [1.165, 1.54) is 19.3 Å². The number of fused-ring (bicyclic) bond motifs is 1. The highest BCUT2D eigenvalue weighted by Gasteiger charge is 2.27. The Balaban J connectivity index is 1.43. The van der Waals surface area contributed by atoms with Crippen LogP contribution in [0.2, 0.25) is 0 Å². The normalized spacial score (nSPS) is 20.6. The average molecular weight is 374 g/mol. The van der Waals surface area contributed by atoms with Crippen molar-refractivity contribution in [3.05, 3.63) is 23.8 Å². The van der Waals surface area contributed by atoms with E-state index in [1.54, 1.807) is 0 Å². The first-order chi connectivity index (χ1) is 13.3. The second-order valence-electron chi connectivity index (χ2n) is 7.74. The minimum Gasteiger partial charge on any atom is -0.454 e. The molecule has 0 unspecified atom stereocenters. The number of nitrogens with zero attached hydrogens (tertiary/aromatic N) is 2. The van der Waals surface area contributed by atoms with Crippen molar-refractivity contribution >= 4 is 5.91 Å². The van der Waals surface area contributed by atoms with Crippen LogP contribution in [0.5, 0.6) is 11.5 Å². The van der Waals surface area contributed by atoms with Crippen LogP contribution < -0.4 is 9.47 Å². The molecule has 148 valence electrons. The molecule has 1 amide bonds. The number of hydrogen-bond acceptors (Lipinski definition) is 5. The summed E-state index contributed by atoms with van der Waals surface area (Å²) in [6.07, 6.45) is 5.69. The van der Waals surface area contributed by atoms with Crippen LogP contribution in [0.25, 0.3) is 0 Å². The number of benzene rings is 1. The van der Waals surface area contributed by atoms with Crippen molar-refractivity contribution in [1.29, 1.82) is 0 Å². The molecule has 2 fully saturated rings. The molecule has 0 N–H and O–H groups in total. The predicted octanol–water partition coefficient (Wildman–Crippen LogP) is 2.66. The molecule has 1 aromatic carbocycles. The van der Waals surface area contributed by atoms with Gasteiger partial charge in [-0.2, -0.15) is 0 Å². The molecule has 2 heterocycles. The molecule has 27 heavy (non-hydrogen) atoms. The Morgan fingerprint density at radius 1 is 1.07 bits per heavy atom. The molecule has 0 spiro atoms. The third-order valence-corrected chi connectivity index (χ3v) is 5.87. The van der Waals surface area contributed by atoms with Crippen molar-refractivity contribution in [1.82, 2.24) is 9.80 Å². The van der Waals surface area contributed by atoms with Crippen molar-refractivity contribution in [3.8, 4) is 11.5 Å². The van der Waals surface area contributed by atoms with Crippen LogP contribution in [0.15, 0.2) is 18.2 Å². The Kier molecular flexibility index (Phi) is 6.14. The van der Waals surface area contributed by atoms with Gasteiger partial charge >= 0.3 is 0 Å². The number of carbonyl (C=O) groups excluding carboxylic acids is 1. The molecule has 1 aliphatic carbocycles. The number of hydrogen-bond donors (Lipinski definition) is 0. The first-order valence-corrected chi connectivity index (χ1v) is 10.3. The zero-order chi connectivity index (χ0) is 18.5. The molecule has 0 atom stereocenters. The maximum absolute atomic E-state index is 13.2. The van der Waals surface area contributed by atoms with Gasteiger partial charge in [0.05, 0.1) is 13.2 Å². The summed E-state index contributed by atoms with van der Waals surface area (Å²) in [5.41, 5.74) is 1.10. The first kappa shape index (κ1) is 18.6. The van der Waals surface area contributed by atoms with Gasteiger partial charge in [0.1, 0.15) is 0 Å². The van der Waals surface area contributed by atoms with Gasteiger partial charge in [0.25, 0.3) is 0 Å². The number of morpholine rings is 1. The second kappa shape index (κ2) is 8.93. The van der Waals surface area contributed by atoms with Gasteiger partial charge in [-0.25, -0.2) is 0 Å². The monoisotopic (exact) mass is 374 g/mol. The SMILES string of the molecule is O=C(C1CCCCC1)N(CCN1CCOCC1)Cc1ccc2c(c1)OCO2. The molecular weight excluding hydrogens is 344 g/mol. The van der Waals surface area contributed by atoms with Gasteiger partial charge < -0.3 is 19.1 Å². The Morgan fingerprint density at radius 3 is 2.67 bits per heavy atom. The van der Waals surface area contributed by atoms with Crippen LogP contribution >= 0.6 is 0 Å². The molecule has 1 saturated heterocycles. The summed E-state index contributed by atoms with van der Waals surface area (Å²) in [4.78, 5) is 17.7. The smallest absolute Gasteiger partial charge is 0.231 e. The fraction of sp³-hybridized carbons (Fsp3) is 0.667. The minimum atomic E-state index is 0.192. The van der Waals surface area contributed by atoms with Crippen molar-refractivity contribution in [2.24, 2.45) is 5.92 Å². The third-order valence-electron chi connectivity index (χ3n) is 5.87. The minimum absolute atomic E-state index is 0.192. The van der Waals surface area contributed by atoms with Gasteiger partial charge in [-0.3, -0.25) is 9.69 Å². The van der Waals surface area contributed by atoms with E-state index in [2.05, 4.69) is 9.80 Å². The molecule has 3 aliphatic rings. The van der Waals surface area contributed by atoms with E-state index in [4.69, 9.17) is 14.2 Å². The molecule has 6 nitrogen and oxygen atoms in total. The summed E-state index contributed by atoms with van der Waals surface area (Å²) >= 11 is 0. The molecule has 0 aromatic heterocycles. The van der Waals surface area contributed by atoms with Crippen LogP contribution in [0.4, 0.5) is 0 Å². The highest BCUT2D eigenvalue weighted by Crippen LogP contribution is 2.33. The van der Waals surface area contributed by atoms with E-state index in [1.807, 2.05) is 18.2 Å². The van der Waals surface area contributed by atoms with Gasteiger partial charge in [-0.1, -0.05) is 25.3 Å². The van der Waals surface area contributed by atoms with Gasteiger partial charge in [0.15, 0.2) is 11.5 Å². The summed E-state index contributed by atoms with van der Waals surface area (Å²) in [5.74, 6) is 2.08. The molecular formula is C21H30N2O4. The highest BCUT2D eigenvalue weighted by atomic mass is 16.7. The van der Waals surface area contributed by atoms with E-state index in [0.29, 0.717) is 12.5 Å². The lowest BCUT2D eigenvalue weighted by atomic mass is 9.88. The zero-order valence-electron chi connectivity index (χ0n) is 16.0. The van der Waals surface area contributed by atoms with Gasteiger partial charge in [0.2, 0.25) is 12.7 Å². The van der Waals surface area contributed by atoms with E-state index in [-0.39, 0.29) is 12.7 Å². The fourth-order valence-corrected chi connectivity index (χ4v) is 4.22. The Bertz CT molecular complexity index is 639. The molecule has 6 heteroatoms. The molecule has 0 bridgehead atoms. The van der Waals surface area contributed by atoms with E-state index in [9.17, 15) is 4.79 Å². The van der Waals surface area contributed by atoms with Crippen LogP contribution in [0, 0.1) is 5.92 Å². The van der Waals surface area contributed by atoms with E-state index in [0.717, 1.165) is 69.3 Å². The molecule has 1 saturated carbocycles. The standard InChI is InChI=1S/C21H30N2O4/c24-21(18-4-2-1-3-5-18)23(9-8-22-10-12-25-13-11-22)15-17-6-7-19-20(14-17)27-16-26-19/h6-7,14,18H,1-5,8-13,15-16H2. The zero-order valence-corrected chi connectivity index (χ0v) is 16.0. The summed E-state index contributed by atoms with van der Waals surface area (Å²) in [7, 11) is 0. The Labute approximate surface area is 161 Å². The van der Waals surface area contributed by atoms with E-state index >= 15 is 0 Å². The Morgan fingerprint density at radius 2 is 1.85 bits per heavy atom. The van der Waals surface area contributed by atoms with E-state index < -0.39 is 0 Å². The average Bonchev–Trinajstić information content (AvgIpc) is 3.20. The van der Waals surface area contributed by atoms with Crippen LogP contribution in [-0.4, -0.2) is 61.9 Å². The predicted molar refractivity (Wildman–Crippen MR) is 102 cm³/mol. The van der Waals surface area contributed by atoms with Crippen LogP contribution in [0.1, 0.15) is 37.7 Å². The first-order valence-electron chi connectivity index (χ1n) is 10.3. The number of amides is 1. The van der Waals surface area contributed by atoms with Crippen molar-refractivity contribution in [3.63, 3.8) is 0 Å². The van der Waals surface area contributed by atoms with Crippen molar-refractivity contribution < 1.29 is 19.0 Å². The topological polar surface area (TPSA) is 51.2 Å². The summed E-state index contributed by atoms with van der Waals surface area (Å²) < 4.78 is 16.4. The van der Waals surface area contributed by atoms with Crippen molar-refractivity contribution in [2.45, 2.75) is 38.6 Å². The summed E-state index contributed by atoms with van der Waals surface area (Å²) in [6.45, 7) is 6.08. The number of carbonyl (C=O) groups is 1. The maximum Gasteiger partial charge on any atom is 0.231 e. The number of ether oxygens (including phenoxy) is 3. The molecule has 2 aliphatic heterocycles. The lowest BCUT2D eigenvalue weighted by Gasteiger charge is -2.33. The lowest BCUT2D eigenvalue weighted by molar-refractivity contribution is -0.137. The largest absolute Gasteiger partial charge is 0.454 e. The van der Waals surface area contributed by atoms with Crippen molar-refractivity contribution in [2.75, 3.05) is 46.2 Å². The molecule has 0 radical (unpaired) electrons. The summed E-state index contributed by atoms with van der Waals surface area (Å²) in [5, 5.41) is 0. The molecule has 4 rings (SSSR count). The van der Waals surface area contributed by atoms with Gasteiger partial charge in [-0.15, -0.1) is 0 Å². The van der Waals surface area contributed by atoms with Crippen LogP contribution in [-0.2, 0) is 16.1 Å². The molecule has 1 aromatic rings. The Hall–Kier alpha value is -1.79. The fourth-order valence-electron chi connectivity index (χ4n) is 4.22. The van der Waals surface area contributed by atoms with Crippen LogP contribution in [0.3, 0.4) is 0 Å². The maximum atomic E-state index is 13.2. The highest BCUT2D eigenvalue weighted by molar-refractivity contribution is 5.79.